The zero-order valence-corrected chi connectivity index (χ0v) is 18.8. The molecule has 0 radical (unpaired) electrons. The van der Waals surface area contributed by atoms with E-state index < -0.39 is 5.97 Å². The Morgan fingerprint density at radius 1 is 1.28 bits per heavy atom. The van der Waals surface area contributed by atoms with Gasteiger partial charge >= 0.3 is 5.97 Å². The second-order valence-corrected chi connectivity index (χ2v) is 8.66. The predicted molar refractivity (Wildman–Crippen MR) is 125 cm³/mol. The molecule has 0 saturated heterocycles. The number of amides is 1. The number of carboxylic acids is 1. The summed E-state index contributed by atoms with van der Waals surface area (Å²) in [5.41, 5.74) is 2.53. The Bertz CT molecular complexity index is 1200. The molecule has 1 aliphatic heterocycles. The Labute approximate surface area is 194 Å². The monoisotopic (exact) mass is 469 g/mol. The molecule has 1 amide bonds. The van der Waals surface area contributed by atoms with Gasteiger partial charge in [-0.3, -0.25) is 4.79 Å². The minimum Gasteiger partial charge on any atom is -0.493 e. The number of carbonyl (C=O) groups excluding carboxylic acids is 1. The van der Waals surface area contributed by atoms with Gasteiger partial charge in [-0.2, -0.15) is 0 Å². The number of methoxy groups -OCH3 is 1. The maximum Gasteiger partial charge on any atom is 0.346 e. The molecular weight excluding hydrogens is 450 g/mol. The van der Waals surface area contributed by atoms with E-state index in [0.29, 0.717) is 39.9 Å². The molecule has 0 bridgehead atoms. The van der Waals surface area contributed by atoms with Gasteiger partial charge in [0.1, 0.15) is 11.5 Å². The number of halogens is 1. The number of ether oxygens (including phenoxy) is 2. The van der Waals surface area contributed by atoms with Crippen LogP contribution in [0.1, 0.15) is 32.5 Å². The molecule has 0 aliphatic carbocycles. The summed E-state index contributed by atoms with van der Waals surface area (Å²) in [6, 6.07) is 12.4. The van der Waals surface area contributed by atoms with E-state index in [9.17, 15) is 14.7 Å². The third-order valence-corrected chi connectivity index (χ3v) is 6.72. The highest BCUT2D eigenvalue weighted by Gasteiger charge is 2.34. The molecule has 3 aromatic rings. The Hall–Kier alpha value is -3.29. The summed E-state index contributed by atoms with van der Waals surface area (Å²) >= 11 is 7.18. The van der Waals surface area contributed by atoms with Gasteiger partial charge in [0.05, 0.1) is 12.8 Å². The molecule has 6 nitrogen and oxygen atoms in total. The number of anilines is 1. The highest BCUT2D eigenvalue weighted by Crippen LogP contribution is 2.50. The summed E-state index contributed by atoms with van der Waals surface area (Å²) in [6.45, 7) is 3.97. The van der Waals surface area contributed by atoms with E-state index in [1.165, 1.54) is 11.3 Å². The van der Waals surface area contributed by atoms with Crippen molar-refractivity contribution in [2.45, 2.75) is 12.3 Å². The number of nitrogens with one attached hydrogen (secondary N) is 1. The number of carboxylic acid groups (broad SMARTS) is 1. The lowest BCUT2D eigenvalue weighted by molar-refractivity contribution is -0.116. The SMILES string of the molecule is C=CCOc1cc(C2CC(=O)Nc3c2sc(C(=O)O)c3-c2ccc(Cl)cc2)ccc1OC. The van der Waals surface area contributed by atoms with Crippen LogP contribution in [0.25, 0.3) is 11.1 Å². The van der Waals surface area contributed by atoms with Gasteiger partial charge in [-0.05, 0) is 35.4 Å². The van der Waals surface area contributed by atoms with Crippen LogP contribution in [0.3, 0.4) is 0 Å². The summed E-state index contributed by atoms with van der Waals surface area (Å²) in [5, 5.41) is 13.3. The third-order valence-electron chi connectivity index (χ3n) is 5.18. The van der Waals surface area contributed by atoms with Crippen molar-refractivity contribution in [2.24, 2.45) is 0 Å². The van der Waals surface area contributed by atoms with Crippen molar-refractivity contribution in [3.63, 3.8) is 0 Å². The quantitative estimate of drug-likeness (QED) is 0.426. The summed E-state index contributed by atoms with van der Waals surface area (Å²) < 4.78 is 11.1. The lowest BCUT2D eigenvalue weighted by Gasteiger charge is -2.24. The zero-order valence-electron chi connectivity index (χ0n) is 17.2. The smallest absolute Gasteiger partial charge is 0.346 e. The first kappa shape index (κ1) is 21.9. The van der Waals surface area contributed by atoms with Crippen molar-refractivity contribution in [3.8, 4) is 22.6 Å². The second-order valence-electron chi connectivity index (χ2n) is 7.17. The molecule has 1 unspecified atom stereocenters. The van der Waals surface area contributed by atoms with Crippen molar-refractivity contribution >= 4 is 40.5 Å². The van der Waals surface area contributed by atoms with Crippen LogP contribution in [0.4, 0.5) is 5.69 Å². The number of benzene rings is 2. The third kappa shape index (κ3) is 4.09. The average molecular weight is 470 g/mol. The Kier molecular flexibility index (Phi) is 6.21. The molecule has 8 heteroatoms. The van der Waals surface area contributed by atoms with Crippen molar-refractivity contribution in [1.29, 1.82) is 0 Å². The van der Waals surface area contributed by atoms with Crippen LogP contribution in [-0.4, -0.2) is 30.7 Å². The molecule has 2 aromatic carbocycles. The molecule has 1 aliphatic rings. The van der Waals surface area contributed by atoms with Gasteiger partial charge < -0.3 is 19.9 Å². The van der Waals surface area contributed by atoms with Crippen molar-refractivity contribution < 1.29 is 24.2 Å². The molecule has 0 spiro atoms. The van der Waals surface area contributed by atoms with Gasteiger partial charge in [-0.25, -0.2) is 4.79 Å². The fourth-order valence-corrected chi connectivity index (χ4v) is 5.14. The fourth-order valence-electron chi connectivity index (χ4n) is 3.77. The number of fused-ring (bicyclic) bond motifs is 1. The normalized spacial score (nSPS) is 14.9. The van der Waals surface area contributed by atoms with Crippen LogP contribution in [0.5, 0.6) is 11.5 Å². The standard InChI is InChI=1S/C24H20ClNO5S/c1-3-10-31-18-11-14(6-9-17(18)30-2)16-12-19(27)26-21-20(13-4-7-15(25)8-5-13)23(24(28)29)32-22(16)21/h3-9,11,16H,1,10,12H2,2H3,(H,26,27)(H,28,29). The topological polar surface area (TPSA) is 84.9 Å². The summed E-state index contributed by atoms with van der Waals surface area (Å²) in [5.74, 6) is -0.454. The molecule has 2 N–H and O–H groups in total. The predicted octanol–water partition coefficient (Wildman–Crippen LogP) is 5.81. The van der Waals surface area contributed by atoms with E-state index in [1.807, 2.05) is 12.1 Å². The van der Waals surface area contributed by atoms with Crippen LogP contribution in [0.15, 0.2) is 55.1 Å². The number of hydrogen-bond acceptors (Lipinski definition) is 5. The van der Waals surface area contributed by atoms with Crippen LogP contribution in [0, 0.1) is 0 Å². The van der Waals surface area contributed by atoms with Crippen LogP contribution >= 0.6 is 22.9 Å². The second kappa shape index (κ2) is 9.06. The van der Waals surface area contributed by atoms with Crippen molar-refractivity contribution in [2.75, 3.05) is 19.0 Å². The van der Waals surface area contributed by atoms with E-state index in [-0.39, 0.29) is 23.1 Å². The van der Waals surface area contributed by atoms with Gasteiger partial charge in [0.15, 0.2) is 11.5 Å². The maximum absolute atomic E-state index is 12.7. The molecular formula is C24H20ClNO5S. The lowest BCUT2D eigenvalue weighted by Crippen LogP contribution is -2.22. The van der Waals surface area contributed by atoms with Crippen molar-refractivity contribution in [3.05, 3.63) is 75.5 Å². The summed E-state index contributed by atoms with van der Waals surface area (Å²) in [6.07, 6.45) is 1.83. The van der Waals surface area contributed by atoms with E-state index in [1.54, 1.807) is 43.5 Å². The van der Waals surface area contributed by atoms with Crippen LogP contribution in [0.2, 0.25) is 5.02 Å². The van der Waals surface area contributed by atoms with Gasteiger partial charge in [0.25, 0.3) is 0 Å². The number of carbonyl (C=O) groups is 2. The molecule has 4 rings (SSSR count). The lowest BCUT2D eigenvalue weighted by atomic mass is 9.88. The highest BCUT2D eigenvalue weighted by molar-refractivity contribution is 7.15. The summed E-state index contributed by atoms with van der Waals surface area (Å²) in [4.78, 5) is 25.7. The van der Waals surface area contributed by atoms with E-state index in [4.69, 9.17) is 21.1 Å². The van der Waals surface area contributed by atoms with Crippen LogP contribution < -0.4 is 14.8 Å². The fraction of sp³-hybridized carbons (Fsp3) is 0.167. The summed E-state index contributed by atoms with van der Waals surface area (Å²) in [7, 11) is 1.55. The van der Waals surface area contributed by atoms with Gasteiger partial charge in [-0.15, -0.1) is 11.3 Å². The molecule has 0 fully saturated rings. The van der Waals surface area contributed by atoms with E-state index in [2.05, 4.69) is 11.9 Å². The molecule has 164 valence electrons. The zero-order chi connectivity index (χ0) is 22.8. The first-order valence-electron chi connectivity index (χ1n) is 9.80. The first-order valence-corrected chi connectivity index (χ1v) is 11.0. The minimum absolute atomic E-state index is 0.168. The number of hydrogen-bond donors (Lipinski definition) is 2. The Morgan fingerprint density at radius 3 is 2.69 bits per heavy atom. The van der Waals surface area contributed by atoms with E-state index >= 15 is 0 Å². The van der Waals surface area contributed by atoms with Gasteiger partial charge in [0.2, 0.25) is 5.91 Å². The number of rotatable bonds is 7. The average Bonchev–Trinajstić information content (AvgIpc) is 3.17. The molecule has 0 saturated carbocycles. The largest absolute Gasteiger partial charge is 0.493 e. The van der Waals surface area contributed by atoms with Gasteiger partial charge in [0, 0.05) is 27.8 Å². The maximum atomic E-state index is 12.7. The first-order chi connectivity index (χ1) is 15.4. The molecule has 1 aromatic heterocycles. The number of thiophene rings is 1. The highest BCUT2D eigenvalue weighted by atomic mass is 35.5. The minimum atomic E-state index is -1.05. The Morgan fingerprint density at radius 2 is 2.03 bits per heavy atom. The molecule has 1 atom stereocenters. The molecule has 2 heterocycles. The van der Waals surface area contributed by atoms with Crippen LogP contribution in [-0.2, 0) is 4.79 Å². The number of aromatic carboxylic acids is 1. The van der Waals surface area contributed by atoms with E-state index in [0.717, 1.165) is 10.4 Å². The molecule has 32 heavy (non-hydrogen) atoms. The van der Waals surface area contributed by atoms with Crippen molar-refractivity contribution in [1.82, 2.24) is 0 Å². The van der Waals surface area contributed by atoms with Gasteiger partial charge in [-0.1, -0.05) is 42.5 Å². The Balaban J connectivity index is 1.86.